The maximum Gasteiger partial charge on any atom is 0.260 e. The Hall–Kier alpha value is -2.46. The van der Waals surface area contributed by atoms with Crippen molar-refractivity contribution in [1.29, 1.82) is 0 Å². The van der Waals surface area contributed by atoms with Gasteiger partial charge in [-0.3, -0.25) is 9.10 Å². The van der Waals surface area contributed by atoms with E-state index in [1.54, 1.807) is 18.2 Å². The number of methoxy groups -OCH3 is 1. The van der Waals surface area contributed by atoms with E-state index in [1.807, 2.05) is 0 Å². The second kappa shape index (κ2) is 8.96. The minimum absolute atomic E-state index is 0.173. The third kappa shape index (κ3) is 6.04. The first kappa shape index (κ1) is 20.8. The first-order valence-corrected chi connectivity index (χ1v) is 10.2. The summed E-state index contributed by atoms with van der Waals surface area (Å²) in [5.41, 5.74) is 3.05. The van der Waals surface area contributed by atoms with Gasteiger partial charge in [0.15, 0.2) is 0 Å². The normalized spacial score (nSPS) is 11.4. The SMILES string of the molecule is COc1ccc(Br)cc1/C=N\NC(=O)CN(c1ccc(F)cc1)S(C)(=O)=O. The van der Waals surface area contributed by atoms with E-state index in [4.69, 9.17) is 4.74 Å². The molecule has 2 rings (SSSR count). The number of nitrogens with one attached hydrogen (secondary N) is 1. The maximum atomic E-state index is 13.0. The van der Waals surface area contributed by atoms with Crippen LogP contribution >= 0.6 is 15.9 Å². The van der Waals surface area contributed by atoms with Crippen molar-refractivity contribution in [2.24, 2.45) is 5.10 Å². The standard InChI is InChI=1S/C17H17BrFN3O4S/c1-26-16-8-3-13(18)9-12(16)10-20-21-17(23)11-22(27(2,24)25)15-6-4-14(19)5-7-15/h3-10H,11H2,1-2H3,(H,21,23)/b20-10-. The zero-order valence-electron chi connectivity index (χ0n) is 14.5. The molecule has 0 aromatic heterocycles. The van der Waals surface area contributed by atoms with Gasteiger partial charge >= 0.3 is 0 Å². The van der Waals surface area contributed by atoms with E-state index in [1.165, 1.54) is 25.5 Å². The number of carbonyl (C=O) groups excluding carboxylic acids is 1. The largest absolute Gasteiger partial charge is 0.496 e. The van der Waals surface area contributed by atoms with Crippen molar-refractivity contribution >= 4 is 43.8 Å². The lowest BCUT2D eigenvalue weighted by Gasteiger charge is -2.21. The van der Waals surface area contributed by atoms with Crippen LogP contribution in [0.5, 0.6) is 5.75 Å². The van der Waals surface area contributed by atoms with Crippen molar-refractivity contribution in [3.8, 4) is 5.75 Å². The lowest BCUT2D eigenvalue weighted by atomic mass is 10.2. The van der Waals surface area contributed by atoms with E-state index >= 15 is 0 Å². The van der Waals surface area contributed by atoms with E-state index in [2.05, 4.69) is 26.5 Å². The zero-order valence-corrected chi connectivity index (χ0v) is 16.9. The van der Waals surface area contributed by atoms with Crippen LogP contribution in [-0.2, 0) is 14.8 Å². The summed E-state index contributed by atoms with van der Waals surface area (Å²) in [4.78, 5) is 12.1. The van der Waals surface area contributed by atoms with Crippen LogP contribution in [-0.4, -0.2) is 40.4 Å². The van der Waals surface area contributed by atoms with Crippen LogP contribution in [0.3, 0.4) is 0 Å². The van der Waals surface area contributed by atoms with Crippen molar-refractivity contribution in [2.45, 2.75) is 0 Å². The van der Waals surface area contributed by atoms with Gasteiger partial charge in [0.05, 0.1) is 25.3 Å². The summed E-state index contributed by atoms with van der Waals surface area (Å²) in [7, 11) is -2.24. The number of sulfonamides is 1. The molecule has 0 unspecified atom stereocenters. The highest BCUT2D eigenvalue weighted by Crippen LogP contribution is 2.21. The number of hydrogen-bond donors (Lipinski definition) is 1. The fourth-order valence-corrected chi connectivity index (χ4v) is 3.39. The monoisotopic (exact) mass is 457 g/mol. The fourth-order valence-electron chi connectivity index (χ4n) is 2.15. The molecular weight excluding hydrogens is 441 g/mol. The summed E-state index contributed by atoms with van der Waals surface area (Å²) in [6.07, 6.45) is 2.34. The fraction of sp³-hybridized carbons (Fsp3) is 0.176. The van der Waals surface area contributed by atoms with Crippen molar-refractivity contribution in [3.05, 3.63) is 58.3 Å². The molecule has 0 saturated carbocycles. The Morgan fingerprint density at radius 1 is 1.30 bits per heavy atom. The molecule has 0 atom stereocenters. The van der Waals surface area contributed by atoms with Crippen LogP contribution in [0, 0.1) is 5.82 Å². The summed E-state index contributed by atoms with van der Waals surface area (Å²) >= 11 is 3.33. The van der Waals surface area contributed by atoms with Gasteiger partial charge in [-0.2, -0.15) is 5.10 Å². The van der Waals surface area contributed by atoms with Crippen molar-refractivity contribution < 1.29 is 22.3 Å². The molecule has 27 heavy (non-hydrogen) atoms. The van der Waals surface area contributed by atoms with Gasteiger partial charge in [-0.05, 0) is 42.5 Å². The maximum absolute atomic E-state index is 13.0. The van der Waals surface area contributed by atoms with E-state index < -0.39 is 28.3 Å². The van der Waals surface area contributed by atoms with Gasteiger partial charge in [0.2, 0.25) is 10.0 Å². The molecule has 0 bridgehead atoms. The molecule has 0 saturated heterocycles. The molecule has 2 aromatic carbocycles. The summed E-state index contributed by atoms with van der Waals surface area (Å²) < 4.78 is 43.8. The molecule has 0 spiro atoms. The highest BCUT2D eigenvalue weighted by molar-refractivity contribution is 9.10. The summed E-state index contributed by atoms with van der Waals surface area (Å²) in [5, 5.41) is 3.83. The number of nitrogens with zero attached hydrogens (tertiary/aromatic N) is 2. The first-order chi connectivity index (χ1) is 12.7. The number of carbonyl (C=O) groups is 1. The smallest absolute Gasteiger partial charge is 0.260 e. The molecular formula is C17H17BrFN3O4S. The second-order valence-electron chi connectivity index (χ2n) is 5.43. The molecule has 0 aliphatic heterocycles. The van der Waals surface area contributed by atoms with Crippen LogP contribution in [0.2, 0.25) is 0 Å². The predicted octanol–water partition coefficient (Wildman–Crippen LogP) is 2.51. The number of hydrazone groups is 1. The molecule has 1 amide bonds. The topological polar surface area (TPSA) is 88.1 Å². The summed E-state index contributed by atoms with van der Waals surface area (Å²) in [6, 6.07) is 10.1. The Labute approximate surface area is 165 Å². The average Bonchev–Trinajstić information content (AvgIpc) is 2.60. The Morgan fingerprint density at radius 3 is 2.56 bits per heavy atom. The molecule has 0 aliphatic rings. The number of rotatable bonds is 7. The van der Waals surface area contributed by atoms with Gasteiger partial charge < -0.3 is 4.74 Å². The quantitative estimate of drug-likeness (QED) is 0.510. The third-order valence-electron chi connectivity index (χ3n) is 3.39. The van der Waals surface area contributed by atoms with Crippen LogP contribution in [0.25, 0.3) is 0 Å². The number of amides is 1. The average molecular weight is 458 g/mol. The van der Waals surface area contributed by atoms with Gasteiger partial charge in [-0.1, -0.05) is 15.9 Å². The molecule has 7 nitrogen and oxygen atoms in total. The van der Waals surface area contributed by atoms with E-state index in [9.17, 15) is 17.6 Å². The van der Waals surface area contributed by atoms with Crippen LogP contribution in [0.4, 0.5) is 10.1 Å². The minimum Gasteiger partial charge on any atom is -0.496 e. The summed E-state index contributed by atoms with van der Waals surface area (Å²) in [5.74, 6) is -0.612. The highest BCUT2D eigenvalue weighted by atomic mass is 79.9. The predicted molar refractivity (Wildman–Crippen MR) is 105 cm³/mol. The molecule has 0 fully saturated rings. The Kier molecular flexibility index (Phi) is 6.92. The van der Waals surface area contributed by atoms with Gasteiger partial charge in [0.1, 0.15) is 18.1 Å². The van der Waals surface area contributed by atoms with E-state index in [0.29, 0.717) is 11.3 Å². The highest BCUT2D eigenvalue weighted by Gasteiger charge is 2.20. The Morgan fingerprint density at radius 2 is 1.96 bits per heavy atom. The van der Waals surface area contributed by atoms with Crippen molar-refractivity contribution in [1.82, 2.24) is 5.43 Å². The van der Waals surface area contributed by atoms with Crippen LogP contribution < -0.4 is 14.5 Å². The number of halogens is 2. The molecule has 0 radical (unpaired) electrons. The summed E-state index contributed by atoms with van der Waals surface area (Å²) in [6.45, 7) is -0.503. The molecule has 10 heteroatoms. The molecule has 0 heterocycles. The number of anilines is 1. The molecule has 144 valence electrons. The van der Waals surface area contributed by atoms with Crippen LogP contribution in [0.15, 0.2) is 52.0 Å². The number of hydrogen-bond acceptors (Lipinski definition) is 5. The minimum atomic E-state index is -3.75. The molecule has 1 N–H and O–H groups in total. The van der Waals surface area contributed by atoms with Gasteiger partial charge in [0.25, 0.3) is 5.91 Å². The van der Waals surface area contributed by atoms with Crippen molar-refractivity contribution in [2.75, 3.05) is 24.2 Å². The van der Waals surface area contributed by atoms with Crippen LogP contribution in [0.1, 0.15) is 5.56 Å². The van der Waals surface area contributed by atoms with Crippen molar-refractivity contribution in [3.63, 3.8) is 0 Å². The van der Waals surface area contributed by atoms with E-state index in [0.717, 1.165) is 27.2 Å². The molecule has 2 aromatic rings. The Balaban J connectivity index is 2.10. The van der Waals surface area contributed by atoms with Gasteiger partial charge in [-0.25, -0.2) is 18.2 Å². The van der Waals surface area contributed by atoms with Gasteiger partial charge in [-0.15, -0.1) is 0 Å². The van der Waals surface area contributed by atoms with Gasteiger partial charge in [0, 0.05) is 10.0 Å². The Bertz CT molecular complexity index is 949. The second-order valence-corrected chi connectivity index (χ2v) is 8.25. The molecule has 0 aliphatic carbocycles. The first-order valence-electron chi connectivity index (χ1n) is 7.59. The zero-order chi connectivity index (χ0) is 20.0. The lowest BCUT2D eigenvalue weighted by Crippen LogP contribution is -2.39. The third-order valence-corrected chi connectivity index (χ3v) is 5.02. The number of ether oxygens (including phenoxy) is 1. The van der Waals surface area contributed by atoms with E-state index in [-0.39, 0.29) is 5.69 Å². The number of benzene rings is 2. The lowest BCUT2D eigenvalue weighted by molar-refractivity contribution is -0.119.